The van der Waals surface area contributed by atoms with E-state index < -0.39 is 24.7 Å². The molecule has 0 N–H and O–H groups in total. The first-order valence-corrected chi connectivity index (χ1v) is 7.60. The van der Waals surface area contributed by atoms with Crippen molar-refractivity contribution < 1.29 is 27.2 Å². The van der Waals surface area contributed by atoms with Crippen molar-refractivity contribution in [3.05, 3.63) is 18.0 Å². The Hall–Kier alpha value is -1.28. The lowest BCUT2D eigenvalue weighted by atomic mass is 9.76. The van der Waals surface area contributed by atoms with Crippen molar-refractivity contribution in [2.75, 3.05) is 0 Å². The van der Waals surface area contributed by atoms with E-state index in [0.717, 1.165) is 12.8 Å². The van der Waals surface area contributed by atoms with Crippen LogP contribution in [0.1, 0.15) is 52.1 Å². The van der Waals surface area contributed by atoms with Crippen LogP contribution in [-0.2, 0) is 9.31 Å². The van der Waals surface area contributed by atoms with E-state index in [1.54, 1.807) is 0 Å². The summed E-state index contributed by atoms with van der Waals surface area (Å²) >= 11 is 0. The normalized spacial score (nSPS) is 23.2. The number of nitrogens with zero attached hydrogens (tertiary/aromatic N) is 1. The lowest BCUT2D eigenvalue weighted by Gasteiger charge is -2.32. The molecule has 0 radical (unpaired) electrons. The fraction of sp³-hybridized carbons (Fsp3) is 0.667. The van der Waals surface area contributed by atoms with Gasteiger partial charge in [0.15, 0.2) is 0 Å². The monoisotopic (exact) mass is 329 g/mol. The molecule has 0 aromatic carbocycles. The molecule has 2 fully saturated rings. The van der Waals surface area contributed by atoms with Crippen molar-refractivity contribution in [3.63, 3.8) is 0 Å². The summed E-state index contributed by atoms with van der Waals surface area (Å²) in [6.07, 6.45) is -1.64. The summed E-state index contributed by atoms with van der Waals surface area (Å²) in [6.45, 7) is 7.41. The number of ether oxygens (including phenoxy) is 1. The zero-order chi connectivity index (χ0) is 17.0. The Bertz CT molecular complexity index is 598. The number of aromatic nitrogens is 1. The molecule has 1 aliphatic heterocycles. The maximum Gasteiger partial charge on any atom is 0.573 e. The number of alkyl halides is 3. The molecule has 0 spiro atoms. The fourth-order valence-electron chi connectivity index (χ4n) is 2.56. The fourth-order valence-corrected chi connectivity index (χ4v) is 2.56. The van der Waals surface area contributed by atoms with Crippen molar-refractivity contribution in [1.29, 1.82) is 0 Å². The van der Waals surface area contributed by atoms with Gasteiger partial charge in [-0.2, -0.15) is 0 Å². The van der Waals surface area contributed by atoms with Crippen LogP contribution >= 0.6 is 0 Å². The molecule has 3 rings (SSSR count). The molecule has 1 saturated heterocycles. The van der Waals surface area contributed by atoms with Crippen LogP contribution < -0.4 is 10.2 Å². The molecule has 2 aliphatic rings. The third kappa shape index (κ3) is 3.19. The van der Waals surface area contributed by atoms with Gasteiger partial charge in [-0.05, 0) is 46.6 Å². The molecule has 0 bridgehead atoms. The van der Waals surface area contributed by atoms with Gasteiger partial charge in [-0.25, -0.2) is 0 Å². The average Bonchev–Trinajstić information content (AvgIpc) is 3.15. The Morgan fingerprint density at radius 1 is 1.17 bits per heavy atom. The molecule has 0 amide bonds. The maximum atomic E-state index is 12.7. The zero-order valence-electron chi connectivity index (χ0n) is 13.5. The lowest BCUT2D eigenvalue weighted by Crippen LogP contribution is -2.41. The minimum absolute atomic E-state index is 0.140. The Kier molecular flexibility index (Phi) is 3.68. The van der Waals surface area contributed by atoms with E-state index in [1.807, 2.05) is 27.7 Å². The van der Waals surface area contributed by atoms with Crippen LogP contribution in [0.15, 0.2) is 12.3 Å². The van der Waals surface area contributed by atoms with Crippen molar-refractivity contribution in [1.82, 2.24) is 4.98 Å². The standard InChI is InChI=1S/C15H19BF3NO3/c1-13(2)14(3,4)23-16(22-13)11-10(21-15(17,18)19)7-8-20-12(11)9-5-6-9/h7-9H,5-6H2,1-4H3. The minimum atomic E-state index is -4.78. The highest BCUT2D eigenvalue weighted by molar-refractivity contribution is 6.63. The molecule has 1 aliphatic carbocycles. The molecule has 1 aromatic rings. The van der Waals surface area contributed by atoms with Crippen molar-refractivity contribution >= 4 is 12.6 Å². The third-order valence-corrected chi connectivity index (χ3v) is 4.66. The Labute approximate surface area is 133 Å². The van der Waals surface area contributed by atoms with E-state index in [4.69, 9.17) is 9.31 Å². The van der Waals surface area contributed by atoms with Gasteiger partial charge < -0.3 is 14.0 Å². The van der Waals surface area contributed by atoms with Crippen LogP contribution in [0.4, 0.5) is 13.2 Å². The van der Waals surface area contributed by atoms with Gasteiger partial charge in [0.05, 0.1) is 11.2 Å². The molecule has 23 heavy (non-hydrogen) atoms. The second kappa shape index (κ2) is 5.11. The molecule has 0 unspecified atom stereocenters. The van der Waals surface area contributed by atoms with Crippen LogP contribution in [0.2, 0.25) is 0 Å². The summed E-state index contributed by atoms with van der Waals surface area (Å²) in [6, 6.07) is 1.21. The molecule has 2 heterocycles. The summed E-state index contributed by atoms with van der Waals surface area (Å²) < 4.78 is 54.2. The molecule has 4 nitrogen and oxygen atoms in total. The van der Waals surface area contributed by atoms with Gasteiger partial charge in [0.2, 0.25) is 0 Å². The number of hydrogen-bond donors (Lipinski definition) is 0. The molecule has 0 atom stereocenters. The molecular weight excluding hydrogens is 310 g/mol. The first-order valence-electron chi connectivity index (χ1n) is 7.60. The van der Waals surface area contributed by atoms with Gasteiger partial charge >= 0.3 is 13.5 Å². The van der Waals surface area contributed by atoms with E-state index in [1.165, 1.54) is 12.3 Å². The van der Waals surface area contributed by atoms with Gasteiger partial charge in [0, 0.05) is 23.3 Å². The Morgan fingerprint density at radius 3 is 2.22 bits per heavy atom. The first kappa shape index (κ1) is 16.6. The van der Waals surface area contributed by atoms with E-state index in [0.29, 0.717) is 5.69 Å². The summed E-state index contributed by atoms with van der Waals surface area (Å²) in [7, 11) is -0.929. The number of pyridine rings is 1. The largest absolute Gasteiger partial charge is 0.573 e. The average molecular weight is 329 g/mol. The van der Waals surface area contributed by atoms with Crippen LogP contribution in [0.3, 0.4) is 0 Å². The van der Waals surface area contributed by atoms with Gasteiger partial charge in [-0.3, -0.25) is 4.98 Å². The lowest BCUT2D eigenvalue weighted by molar-refractivity contribution is -0.274. The molecule has 8 heteroatoms. The SMILES string of the molecule is CC1(C)OB(c2c(OC(F)(F)F)ccnc2C2CC2)OC1(C)C. The van der Waals surface area contributed by atoms with Gasteiger partial charge in [-0.1, -0.05) is 0 Å². The minimum Gasteiger partial charge on any atom is -0.406 e. The number of halogens is 3. The van der Waals surface area contributed by atoms with E-state index in [-0.39, 0.29) is 17.1 Å². The molecular formula is C15H19BF3NO3. The van der Waals surface area contributed by atoms with E-state index in [2.05, 4.69) is 9.72 Å². The summed E-state index contributed by atoms with van der Waals surface area (Å²) in [4.78, 5) is 4.26. The summed E-state index contributed by atoms with van der Waals surface area (Å²) in [5, 5.41) is 0. The smallest absolute Gasteiger partial charge is 0.406 e. The summed E-state index contributed by atoms with van der Waals surface area (Å²) in [5.41, 5.74) is -0.468. The van der Waals surface area contributed by atoms with Crippen LogP contribution in [0.5, 0.6) is 5.75 Å². The molecule has 1 aromatic heterocycles. The third-order valence-electron chi connectivity index (χ3n) is 4.66. The van der Waals surface area contributed by atoms with Gasteiger partial charge in [0.1, 0.15) is 5.75 Å². The van der Waals surface area contributed by atoms with Crippen molar-refractivity contribution in [3.8, 4) is 5.75 Å². The predicted molar refractivity (Wildman–Crippen MR) is 78.6 cm³/mol. The topological polar surface area (TPSA) is 40.6 Å². The first-order chi connectivity index (χ1) is 10.5. The predicted octanol–water partition coefficient (Wildman–Crippen LogP) is 3.16. The summed E-state index contributed by atoms with van der Waals surface area (Å²) in [5.74, 6) is -0.159. The van der Waals surface area contributed by atoms with E-state index >= 15 is 0 Å². The van der Waals surface area contributed by atoms with Crippen LogP contribution in [-0.4, -0.2) is 29.7 Å². The highest BCUT2D eigenvalue weighted by Gasteiger charge is 2.54. The second-order valence-corrected chi connectivity index (χ2v) is 7.02. The second-order valence-electron chi connectivity index (χ2n) is 7.02. The number of hydrogen-bond acceptors (Lipinski definition) is 4. The highest BCUT2D eigenvalue weighted by atomic mass is 19.4. The van der Waals surface area contributed by atoms with Crippen molar-refractivity contribution in [2.45, 2.75) is 64.0 Å². The van der Waals surface area contributed by atoms with Gasteiger partial charge in [-0.15, -0.1) is 13.2 Å². The van der Waals surface area contributed by atoms with Crippen LogP contribution in [0, 0.1) is 0 Å². The van der Waals surface area contributed by atoms with Gasteiger partial charge in [0.25, 0.3) is 0 Å². The Balaban J connectivity index is 2.03. The Morgan fingerprint density at radius 2 is 1.74 bits per heavy atom. The highest BCUT2D eigenvalue weighted by Crippen LogP contribution is 2.42. The van der Waals surface area contributed by atoms with Crippen molar-refractivity contribution in [2.24, 2.45) is 0 Å². The van der Waals surface area contributed by atoms with Crippen LogP contribution in [0.25, 0.3) is 0 Å². The zero-order valence-corrected chi connectivity index (χ0v) is 13.5. The maximum absolute atomic E-state index is 12.7. The van der Waals surface area contributed by atoms with E-state index in [9.17, 15) is 13.2 Å². The molecule has 1 saturated carbocycles. The quantitative estimate of drug-likeness (QED) is 0.799. The molecule has 126 valence electrons. The number of rotatable bonds is 3.